The van der Waals surface area contributed by atoms with Crippen LogP contribution in [0.15, 0.2) is 22.7 Å². The van der Waals surface area contributed by atoms with E-state index in [2.05, 4.69) is 15.9 Å². The van der Waals surface area contributed by atoms with Crippen molar-refractivity contribution in [1.29, 1.82) is 0 Å². The van der Waals surface area contributed by atoms with Crippen LogP contribution in [0.25, 0.3) is 0 Å². The second kappa shape index (κ2) is 6.36. The fourth-order valence-corrected chi connectivity index (χ4v) is 2.50. The van der Waals surface area contributed by atoms with E-state index in [1.165, 1.54) is 4.90 Å². The number of fused-ring (bicyclic) bond motifs is 1. The zero-order chi connectivity index (χ0) is 15.6. The molecule has 0 spiro atoms. The highest BCUT2D eigenvalue weighted by Gasteiger charge is 2.37. The number of halogens is 1. The summed E-state index contributed by atoms with van der Waals surface area (Å²) in [4.78, 5) is 36.3. The molecule has 6 nitrogen and oxygen atoms in total. The third kappa shape index (κ3) is 3.30. The van der Waals surface area contributed by atoms with Crippen molar-refractivity contribution in [3.8, 4) is 0 Å². The van der Waals surface area contributed by atoms with Gasteiger partial charge in [-0.15, -0.1) is 0 Å². The third-order valence-electron chi connectivity index (χ3n) is 3.03. The molecule has 0 fully saturated rings. The summed E-state index contributed by atoms with van der Waals surface area (Å²) in [7, 11) is 0. The van der Waals surface area contributed by atoms with E-state index in [0.717, 1.165) is 0 Å². The molecule has 112 valence electrons. The Bertz CT molecular complexity index is 601. The Morgan fingerprint density at radius 1 is 1.43 bits per heavy atom. The first-order chi connectivity index (χ1) is 9.93. The molecule has 7 heteroatoms. The normalized spacial score (nSPS) is 15.1. The quantitative estimate of drug-likeness (QED) is 0.635. The number of amides is 1. The second-order valence-electron chi connectivity index (χ2n) is 4.57. The van der Waals surface area contributed by atoms with Gasteiger partial charge in [0.05, 0.1) is 36.9 Å². The van der Waals surface area contributed by atoms with Crippen molar-refractivity contribution >= 4 is 39.3 Å². The van der Waals surface area contributed by atoms with Crippen molar-refractivity contribution < 1.29 is 24.2 Å². The van der Waals surface area contributed by atoms with Crippen LogP contribution in [-0.4, -0.2) is 42.0 Å². The lowest BCUT2D eigenvalue weighted by Crippen LogP contribution is -2.37. The first-order valence-electron chi connectivity index (χ1n) is 6.43. The number of hydrogen-bond acceptors (Lipinski definition) is 5. The SMILES string of the molecule is CCOC(=O)CC(O)CN1C(=O)C(=O)c2cc(Br)ccc21. The largest absolute Gasteiger partial charge is 0.466 e. The smallest absolute Gasteiger partial charge is 0.308 e. The molecule has 1 aliphatic rings. The number of ketones is 1. The zero-order valence-corrected chi connectivity index (χ0v) is 12.9. The minimum absolute atomic E-state index is 0.127. The van der Waals surface area contributed by atoms with Crippen LogP contribution in [0.5, 0.6) is 0 Å². The van der Waals surface area contributed by atoms with Gasteiger partial charge in [0.15, 0.2) is 0 Å². The van der Waals surface area contributed by atoms with E-state index in [4.69, 9.17) is 4.74 Å². The second-order valence-corrected chi connectivity index (χ2v) is 5.48. The van der Waals surface area contributed by atoms with Crippen molar-refractivity contribution in [2.45, 2.75) is 19.4 Å². The molecule has 1 aromatic rings. The Balaban J connectivity index is 2.13. The molecule has 0 aliphatic carbocycles. The van der Waals surface area contributed by atoms with Gasteiger partial charge in [-0.25, -0.2) is 0 Å². The Morgan fingerprint density at radius 2 is 2.14 bits per heavy atom. The van der Waals surface area contributed by atoms with E-state index < -0.39 is 23.8 Å². The number of Topliss-reactive ketones (excluding diaryl/α,β-unsaturated/α-hetero) is 1. The number of aliphatic hydroxyl groups is 1. The van der Waals surface area contributed by atoms with E-state index in [9.17, 15) is 19.5 Å². The summed E-state index contributed by atoms with van der Waals surface area (Å²) in [5, 5.41) is 9.88. The molecule has 0 saturated heterocycles. The molecule has 1 amide bonds. The molecule has 2 rings (SSSR count). The maximum Gasteiger partial charge on any atom is 0.308 e. The van der Waals surface area contributed by atoms with Gasteiger partial charge in [-0.05, 0) is 25.1 Å². The van der Waals surface area contributed by atoms with Gasteiger partial charge in [0.1, 0.15) is 0 Å². The Morgan fingerprint density at radius 3 is 2.81 bits per heavy atom. The number of rotatable bonds is 5. The zero-order valence-electron chi connectivity index (χ0n) is 11.3. The molecule has 21 heavy (non-hydrogen) atoms. The Kier molecular flexibility index (Phi) is 4.74. The average molecular weight is 356 g/mol. The number of anilines is 1. The predicted octanol–water partition coefficient (Wildman–Crippen LogP) is 1.29. The number of esters is 1. The van der Waals surface area contributed by atoms with E-state index in [0.29, 0.717) is 10.2 Å². The van der Waals surface area contributed by atoms with E-state index in [1.54, 1.807) is 25.1 Å². The standard InChI is InChI=1S/C14H14BrNO5/c1-2-21-12(18)6-9(17)7-16-11-4-3-8(15)5-10(11)13(19)14(16)20/h3-5,9,17H,2,6-7H2,1H3. The first-order valence-corrected chi connectivity index (χ1v) is 7.22. The van der Waals surface area contributed by atoms with Crippen molar-refractivity contribution in [2.24, 2.45) is 0 Å². The van der Waals surface area contributed by atoms with Gasteiger partial charge >= 0.3 is 5.97 Å². The topological polar surface area (TPSA) is 83.9 Å². The van der Waals surface area contributed by atoms with E-state index in [-0.39, 0.29) is 25.1 Å². The molecule has 1 N–H and O–H groups in total. The number of carbonyl (C=O) groups excluding carboxylic acids is 3. The fourth-order valence-electron chi connectivity index (χ4n) is 2.14. The van der Waals surface area contributed by atoms with Crippen LogP contribution < -0.4 is 4.90 Å². The highest BCUT2D eigenvalue weighted by molar-refractivity contribution is 9.10. The fraction of sp³-hybridized carbons (Fsp3) is 0.357. The lowest BCUT2D eigenvalue weighted by Gasteiger charge is -2.20. The van der Waals surface area contributed by atoms with Crippen LogP contribution in [0.1, 0.15) is 23.7 Å². The average Bonchev–Trinajstić information content (AvgIpc) is 2.64. The number of benzene rings is 1. The number of nitrogens with zero attached hydrogens (tertiary/aromatic N) is 1. The summed E-state index contributed by atoms with van der Waals surface area (Å²) < 4.78 is 5.43. The molecular formula is C14H14BrNO5. The number of aliphatic hydroxyl groups excluding tert-OH is 1. The van der Waals surface area contributed by atoms with Crippen LogP contribution in [0, 0.1) is 0 Å². The van der Waals surface area contributed by atoms with Crippen LogP contribution >= 0.6 is 15.9 Å². The van der Waals surface area contributed by atoms with Crippen LogP contribution in [0.2, 0.25) is 0 Å². The summed E-state index contributed by atoms with van der Waals surface area (Å²) in [5.74, 6) is -1.86. The van der Waals surface area contributed by atoms with Crippen LogP contribution in [0.3, 0.4) is 0 Å². The summed E-state index contributed by atoms with van der Waals surface area (Å²) >= 11 is 3.24. The van der Waals surface area contributed by atoms with Crippen molar-refractivity contribution in [2.75, 3.05) is 18.1 Å². The highest BCUT2D eigenvalue weighted by Crippen LogP contribution is 2.31. The van der Waals surface area contributed by atoms with Gasteiger partial charge in [-0.1, -0.05) is 15.9 Å². The highest BCUT2D eigenvalue weighted by atomic mass is 79.9. The molecule has 0 bridgehead atoms. The maximum atomic E-state index is 12.0. The first kappa shape index (κ1) is 15.7. The molecule has 1 aliphatic heterocycles. The van der Waals surface area contributed by atoms with Gasteiger partial charge in [-0.2, -0.15) is 0 Å². The monoisotopic (exact) mass is 355 g/mol. The minimum atomic E-state index is -1.09. The summed E-state index contributed by atoms with van der Waals surface area (Å²) in [6.45, 7) is 1.77. The van der Waals surface area contributed by atoms with Crippen LogP contribution in [-0.2, 0) is 14.3 Å². The Hall–Kier alpha value is -1.73. The van der Waals surface area contributed by atoms with Crippen LogP contribution in [0.4, 0.5) is 5.69 Å². The van der Waals surface area contributed by atoms with E-state index in [1.807, 2.05) is 0 Å². The number of β-amino-alcohol motifs (C(OH)–C–C–N with tert-alkyl or cyclic N) is 1. The Labute approximate surface area is 129 Å². The summed E-state index contributed by atoms with van der Waals surface area (Å²) in [6.07, 6.45) is -1.31. The molecule has 0 saturated carbocycles. The number of carbonyl (C=O) groups is 3. The lowest BCUT2D eigenvalue weighted by molar-refractivity contribution is -0.145. The molecule has 0 aromatic heterocycles. The third-order valence-corrected chi connectivity index (χ3v) is 3.53. The number of hydrogen-bond donors (Lipinski definition) is 1. The maximum absolute atomic E-state index is 12.0. The number of ether oxygens (including phenoxy) is 1. The van der Waals surface area contributed by atoms with Gasteiger partial charge < -0.3 is 14.7 Å². The minimum Gasteiger partial charge on any atom is -0.466 e. The van der Waals surface area contributed by atoms with Crippen molar-refractivity contribution in [3.05, 3.63) is 28.2 Å². The molecule has 1 atom stereocenters. The molecule has 1 unspecified atom stereocenters. The molecular weight excluding hydrogens is 342 g/mol. The van der Waals surface area contributed by atoms with E-state index >= 15 is 0 Å². The summed E-state index contributed by atoms with van der Waals surface area (Å²) in [5.41, 5.74) is 0.730. The predicted molar refractivity (Wildman–Crippen MR) is 78.1 cm³/mol. The molecule has 1 heterocycles. The van der Waals surface area contributed by atoms with Gasteiger partial charge in [0.25, 0.3) is 11.7 Å². The molecule has 0 radical (unpaired) electrons. The lowest BCUT2D eigenvalue weighted by atomic mass is 10.1. The molecule has 1 aromatic carbocycles. The van der Waals surface area contributed by atoms with Gasteiger partial charge in [-0.3, -0.25) is 14.4 Å². The summed E-state index contributed by atoms with van der Waals surface area (Å²) in [6, 6.07) is 4.89. The van der Waals surface area contributed by atoms with Gasteiger partial charge in [0, 0.05) is 4.47 Å². The van der Waals surface area contributed by atoms with Gasteiger partial charge in [0.2, 0.25) is 0 Å². The van der Waals surface area contributed by atoms with Crippen molar-refractivity contribution in [3.63, 3.8) is 0 Å². The van der Waals surface area contributed by atoms with Crippen molar-refractivity contribution in [1.82, 2.24) is 0 Å².